The van der Waals surface area contributed by atoms with Crippen molar-refractivity contribution in [3.8, 4) is 0 Å². The van der Waals surface area contributed by atoms with Crippen LogP contribution >= 0.6 is 0 Å². The summed E-state index contributed by atoms with van der Waals surface area (Å²) in [6.45, 7) is 4.53. The van der Waals surface area contributed by atoms with Gasteiger partial charge in [-0.25, -0.2) is 0 Å². The minimum Gasteiger partial charge on any atom is -0.369 e. The number of likely N-dealkylation sites (tertiary alicyclic amines) is 1. The van der Waals surface area contributed by atoms with E-state index in [2.05, 4.69) is 0 Å². The van der Waals surface area contributed by atoms with Crippen LogP contribution in [-0.2, 0) is 9.59 Å². The number of halogens is 3. The molecule has 2 N–H and O–H groups in total. The maximum absolute atomic E-state index is 13.7. The zero-order valence-corrected chi connectivity index (χ0v) is 16.2. The van der Waals surface area contributed by atoms with Crippen molar-refractivity contribution in [2.75, 3.05) is 13.1 Å². The maximum Gasteiger partial charge on any atom is 0.392 e. The molecule has 0 aromatic heterocycles. The first-order valence-corrected chi connectivity index (χ1v) is 10.2. The average molecular weight is 388 g/mol. The zero-order chi connectivity index (χ0) is 20.0. The van der Waals surface area contributed by atoms with Crippen LogP contribution in [0.1, 0.15) is 58.8 Å². The van der Waals surface area contributed by atoms with Gasteiger partial charge in [-0.3, -0.25) is 9.59 Å². The Morgan fingerprint density at radius 2 is 1.63 bits per heavy atom. The Labute approximate surface area is 159 Å². The molecule has 1 aliphatic heterocycles. The fourth-order valence-corrected chi connectivity index (χ4v) is 5.74. The van der Waals surface area contributed by atoms with Gasteiger partial charge in [-0.05, 0) is 62.7 Å². The standard InChI is InChI=1S/C20H31F3N2O2/c1-19(2,18(24)27)10-12-4-3-9-25(11-12)17(26)15-13-5-7-14(8-6-13)16(15)20(21,22)23/h12-16H,3-11H2,1-2H3,(H2,24,27)/t12?,13?,14?,15-,16-/m0/s1. The Hall–Kier alpha value is -1.27. The van der Waals surface area contributed by atoms with Crippen LogP contribution in [0.3, 0.4) is 0 Å². The summed E-state index contributed by atoms with van der Waals surface area (Å²) in [5.74, 6) is -3.54. The fraction of sp³-hybridized carbons (Fsp3) is 0.900. The number of hydrogen-bond donors (Lipinski definition) is 1. The Morgan fingerprint density at radius 3 is 2.19 bits per heavy atom. The predicted molar refractivity (Wildman–Crippen MR) is 95.4 cm³/mol. The quantitative estimate of drug-likeness (QED) is 0.797. The second-order valence-electron chi connectivity index (χ2n) is 9.51. The number of hydrogen-bond acceptors (Lipinski definition) is 2. The van der Waals surface area contributed by atoms with E-state index in [1.807, 2.05) is 0 Å². The highest BCUT2D eigenvalue weighted by molar-refractivity contribution is 5.81. The van der Waals surface area contributed by atoms with E-state index in [9.17, 15) is 22.8 Å². The van der Waals surface area contributed by atoms with Gasteiger partial charge >= 0.3 is 6.18 Å². The molecule has 3 saturated carbocycles. The summed E-state index contributed by atoms with van der Waals surface area (Å²) >= 11 is 0. The number of primary amides is 1. The van der Waals surface area contributed by atoms with Crippen LogP contribution in [0.2, 0.25) is 0 Å². The second kappa shape index (κ2) is 7.28. The molecule has 27 heavy (non-hydrogen) atoms. The highest BCUT2D eigenvalue weighted by Crippen LogP contribution is 2.55. The molecule has 1 heterocycles. The number of fused-ring (bicyclic) bond motifs is 3. The normalized spacial score (nSPS) is 34.6. The monoisotopic (exact) mass is 388 g/mol. The highest BCUT2D eigenvalue weighted by Gasteiger charge is 2.58. The number of rotatable bonds is 4. The van der Waals surface area contributed by atoms with Gasteiger partial charge in [-0.15, -0.1) is 0 Å². The van der Waals surface area contributed by atoms with Gasteiger partial charge in [0.05, 0.1) is 11.8 Å². The molecule has 2 bridgehead atoms. The van der Waals surface area contributed by atoms with Crippen LogP contribution < -0.4 is 5.73 Å². The Bertz CT molecular complexity index is 582. The highest BCUT2D eigenvalue weighted by atomic mass is 19.4. The zero-order valence-electron chi connectivity index (χ0n) is 16.2. The van der Waals surface area contributed by atoms with E-state index in [1.54, 1.807) is 18.7 Å². The maximum atomic E-state index is 13.7. The van der Waals surface area contributed by atoms with Crippen LogP contribution in [0, 0.1) is 35.0 Å². The number of carbonyl (C=O) groups is 2. The summed E-state index contributed by atoms with van der Waals surface area (Å²) in [5, 5.41) is 0. The number of nitrogens with two attached hydrogens (primary N) is 1. The fourth-order valence-electron chi connectivity index (χ4n) is 5.74. The van der Waals surface area contributed by atoms with Gasteiger partial charge in [-0.1, -0.05) is 13.8 Å². The first kappa shape index (κ1) is 20.5. The summed E-state index contributed by atoms with van der Waals surface area (Å²) in [6, 6.07) is 0. The molecule has 4 nitrogen and oxygen atoms in total. The topological polar surface area (TPSA) is 63.4 Å². The number of carbonyl (C=O) groups excluding carboxylic acids is 2. The first-order valence-electron chi connectivity index (χ1n) is 10.2. The lowest BCUT2D eigenvalue weighted by molar-refractivity contribution is -0.231. The number of amides is 2. The van der Waals surface area contributed by atoms with Crippen molar-refractivity contribution in [1.29, 1.82) is 0 Å². The van der Waals surface area contributed by atoms with E-state index >= 15 is 0 Å². The molecular formula is C20H31F3N2O2. The molecule has 0 spiro atoms. The van der Waals surface area contributed by atoms with E-state index in [4.69, 9.17) is 5.73 Å². The van der Waals surface area contributed by atoms with Gasteiger partial charge in [0.25, 0.3) is 0 Å². The summed E-state index contributed by atoms with van der Waals surface area (Å²) in [5.41, 5.74) is 4.79. The molecule has 1 unspecified atom stereocenters. The lowest BCUT2D eigenvalue weighted by atomic mass is 9.58. The molecule has 7 heteroatoms. The number of alkyl halides is 3. The van der Waals surface area contributed by atoms with Crippen LogP contribution in [0.4, 0.5) is 13.2 Å². The van der Waals surface area contributed by atoms with Crippen molar-refractivity contribution < 1.29 is 22.8 Å². The van der Waals surface area contributed by atoms with Crippen LogP contribution in [0.25, 0.3) is 0 Å². The van der Waals surface area contributed by atoms with Gasteiger partial charge in [0, 0.05) is 18.5 Å². The summed E-state index contributed by atoms with van der Waals surface area (Å²) < 4.78 is 41.2. The first-order chi connectivity index (χ1) is 12.5. The minimum atomic E-state index is -4.31. The van der Waals surface area contributed by atoms with Gasteiger partial charge in [0.1, 0.15) is 0 Å². The molecule has 0 radical (unpaired) electrons. The molecule has 1 saturated heterocycles. The predicted octanol–water partition coefficient (Wildman–Crippen LogP) is 3.74. The van der Waals surface area contributed by atoms with Crippen molar-refractivity contribution in [2.24, 2.45) is 40.7 Å². The van der Waals surface area contributed by atoms with Crippen molar-refractivity contribution in [1.82, 2.24) is 4.90 Å². The lowest BCUT2D eigenvalue weighted by Crippen LogP contribution is -2.55. The van der Waals surface area contributed by atoms with Gasteiger partial charge in [-0.2, -0.15) is 13.2 Å². The van der Waals surface area contributed by atoms with E-state index in [-0.39, 0.29) is 23.7 Å². The third-order valence-corrected chi connectivity index (χ3v) is 7.18. The average Bonchev–Trinajstić information content (AvgIpc) is 2.60. The van der Waals surface area contributed by atoms with E-state index in [0.29, 0.717) is 32.4 Å². The molecule has 4 rings (SSSR count). The molecule has 154 valence electrons. The Kier molecular flexibility index (Phi) is 5.52. The molecule has 3 aliphatic carbocycles. The van der Waals surface area contributed by atoms with E-state index in [1.165, 1.54) is 0 Å². The Balaban J connectivity index is 1.73. The largest absolute Gasteiger partial charge is 0.392 e. The van der Waals surface area contributed by atoms with Gasteiger partial charge < -0.3 is 10.6 Å². The van der Waals surface area contributed by atoms with Gasteiger partial charge in [0.2, 0.25) is 11.8 Å². The number of nitrogens with zero attached hydrogens (tertiary/aromatic N) is 1. The third-order valence-electron chi connectivity index (χ3n) is 7.18. The van der Waals surface area contributed by atoms with Crippen molar-refractivity contribution in [3.63, 3.8) is 0 Å². The third kappa shape index (κ3) is 4.11. The smallest absolute Gasteiger partial charge is 0.369 e. The minimum absolute atomic E-state index is 0.107. The van der Waals surface area contributed by atoms with Crippen molar-refractivity contribution >= 4 is 11.8 Å². The van der Waals surface area contributed by atoms with Gasteiger partial charge in [0.15, 0.2) is 0 Å². The van der Waals surface area contributed by atoms with E-state index in [0.717, 1.165) is 25.7 Å². The molecule has 4 aliphatic rings. The lowest BCUT2D eigenvalue weighted by Gasteiger charge is -2.50. The molecule has 2 amide bonds. The van der Waals surface area contributed by atoms with Crippen molar-refractivity contribution in [3.05, 3.63) is 0 Å². The summed E-state index contributed by atoms with van der Waals surface area (Å²) in [7, 11) is 0. The summed E-state index contributed by atoms with van der Waals surface area (Å²) in [6.07, 6.45) is 0.544. The van der Waals surface area contributed by atoms with Crippen LogP contribution in [-0.4, -0.2) is 36.0 Å². The molecule has 4 fully saturated rings. The SMILES string of the molecule is CC(C)(CC1CCCN(C(=O)[C@H]2C3CCC(CC3)[C@@H]2C(F)(F)F)C1)C(N)=O. The molecular weight excluding hydrogens is 357 g/mol. The molecule has 0 aromatic carbocycles. The van der Waals surface area contributed by atoms with Crippen molar-refractivity contribution in [2.45, 2.75) is 65.0 Å². The van der Waals surface area contributed by atoms with Crippen LogP contribution in [0.15, 0.2) is 0 Å². The summed E-state index contributed by atoms with van der Waals surface area (Å²) in [4.78, 5) is 26.4. The van der Waals surface area contributed by atoms with E-state index < -0.39 is 29.3 Å². The molecule has 3 atom stereocenters. The molecule has 0 aromatic rings. The van der Waals surface area contributed by atoms with Crippen LogP contribution in [0.5, 0.6) is 0 Å². The Morgan fingerprint density at radius 1 is 1.04 bits per heavy atom. The second-order valence-corrected chi connectivity index (χ2v) is 9.51. The number of piperidine rings is 1.